The molecule has 0 unspecified atom stereocenters. The van der Waals surface area contributed by atoms with Crippen molar-refractivity contribution >= 4 is 17.4 Å². The smallest absolute Gasteiger partial charge is 0.342 e. The number of ketones is 1. The van der Waals surface area contributed by atoms with E-state index in [1.807, 2.05) is 6.92 Å². The standard InChI is InChI=1S/C18H17NO6/c1-2-11-24-17-6-4-3-5-15(17)18(21)25-12-16(20)13-7-9-14(10-8-13)19(22)23/h3-10H,2,11-12H2,1H3. The molecule has 0 aromatic heterocycles. The van der Waals surface area contributed by atoms with E-state index in [1.54, 1.807) is 24.3 Å². The number of nitro benzene ring substituents is 1. The van der Waals surface area contributed by atoms with Gasteiger partial charge in [0.25, 0.3) is 5.69 Å². The van der Waals surface area contributed by atoms with Gasteiger partial charge in [-0.05, 0) is 30.7 Å². The second-order valence-corrected chi connectivity index (χ2v) is 5.15. The first kappa shape index (κ1) is 18.1. The number of Topliss-reactive ketones (excluding diaryl/α,β-unsaturated/α-hetero) is 1. The average Bonchev–Trinajstić information content (AvgIpc) is 2.64. The Kier molecular flexibility index (Phi) is 6.22. The molecule has 2 rings (SSSR count). The molecule has 0 aliphatic heterocycles. The van der Waals surface area contributed by atoms with Gasteiger partial charge >= 0.3 is 5.97 Å². The zero-order chi connectivity index (χ0) is 18.2. The monoisotopic (exact) mass is 343 g/mol. The van der Waals surface area contributed by atoms with Crippen LogP contribution in [0.1, 0.15) is 34.1 Å². The van der Waals surface area contributed by atoms with Crippen molar-refractivity contribution in [1.82, 2.24) is 0 Å². The van der Waals surface area contributed by atoms with Crippen molar-refractivity contribution in [2.45, 2.75) is 13.3 Å². The maximum atomic E-state index is 12.2. The molecule has 25 heavy (non-hydrogen) atoms. The Morgan fingerprint density at radius 3 is 2.40 bits per heavy atom. The summed E-state index contributed by atoms with van der Waals surface area (Å²) in [6.45, 7) is 1.95. The number of carbonyl (C=O) groups excluding carboxylic acids is 2. The number of rotatable bonds is 8. The van der Waals surface area contributed by atoms with Gasteiger partial charge in [0.1, 0.15) is 11.3 Å². The molecule has 0 heterocycles. The van der Waals surface area contributed by atoms with Crippen LogP contribution in [-0.2, 0) is 4.74 Å². The minimum Gasteiger partial charge on any atom is -0.493 e. The Morgan fingerprint density at radius 1 is 1.08 bits per heavy atom. The molecule has 2 aromatic carbocycles. The van der Waals surface area contributed by atoms with Gasteiger partial charge in [0.2, 0.25) is 0 Å². The van der Waals surface area contributed by atoms with E-state index in [0.717, 1.165) is 6.42 Å². The normalized spacial score (nSPS) is 10.1. The topological polar surface area (TPSA) is 95.7 Å². The van der Waals surface area contributed by atoms with Gasteiger partial charge in [-0.1, -0.05) is 19.1 Å². The minimum absolute atomic E-state index is 0.115. The number of nitrogens with zero attached hydrogens (tertiary/aromatic N) is 1. The van der Waals surface area contributed by atoms with Crippen LogP contribution in [0.15, 0.2) is 48.5 Å². The van der Waals surface area contributed by atoms with Crippen molar-refractivity contribution in [2.24, 2.45) is 0 Å². The van der Waals surface area contributed by atoms with E-state index in [0.29, 0.717) is 12.4 Å². The highest BCUT2D eigenvalue weighted by molar-refractivity contribution is 6.00. The zero-order valence-corrected chi connectivity index (χ0v) is 13.6. The maximum Gasteiger partial charge on any atom is 0.342 e. The quantitative estimate of drug-likeness (QED) is 0.315. The highest BCUT2D eigenvalue weighted by atomic mass is 16.6. The summed E-state index contributed by atoms with van der Waals surface area (Å²) in [5.74, 6) is -0.714. The molecule has 0 bridgehead atoms. The highest BCUT2D eigenvalue weighted by Crippen LogP contribution is 2.19. The first-order chi connectivity index (χ1) is 12.0. The van der Waals surface area contributed by atoms with Crippen molar-refractivity contribution in [2.75, 3.05) is 13.2 Å². The molecule has 2 aromatic rings. The number of hydrogen-bond acceptors (Lipinski definition) is 6. The van der Waals surface area contributed by atoms with Crippen LogP contribution < -0.4 is 4.74 Å². The van der Waals surface area contributed by atoms with Crippen molar-refractivity contribution < 1.29 is 24.0 Å². The third-order valence-electron chi connectivity index (χ3n) is 3.30. The lowest BCUT2D eigenvalue weighted by atomic mass is 10.1. The van der Waals surface area contributed by atoms with Crippen LogP contribution in [-0.4, -0.2) is 29.9 Å². The largest absolute Gasteiger partial charge is 0.493 e. The summed E-state index contributed by atoms with van der Waals surface area (Å²) in [5, 5.41) is 10.6. The summed E-state index contributed by atoms with van der Waals surface area (Å²) in [5.41, 5.74) is 0.358. The van der Waals surface area contributed by atoms with Gasteiger partial charge in [-0.3, -0.25) is 14.9 Å². The second kappa shape index (κ2) is 8.58. The third kappa shape index (κ3) is 4.87. The Bertz CT molecular complexity index is 769. The predicted octanol–water partition coefficient (Wildman–Crippen LogP) is 3.42. The maximum absolute atomic E-state index is 12.2. The molecule has 0 radical (unpaired) electrons. The van der Waals surface area contributed by atoms with Crippen LogP contribution in [0.4, 0.5) is 5.69 Å². The zero-order valence-electron chi connectivity index (χ0n) is 13.6. The van der Waals surface area contributed by atoms with E-state index in [9.17, 15) is 19.7 Å². The molecule has 0 N–H and O–H groups in total. The van der Waals surface area contributed by atoms with Gasteiger partial charge in [-0.2, -0.15) is 0 Å². The molecule has 0 aliphatic carbocycles. The van der Waals surface area contributed by atoms with Gasteiger partial charge in [0.15, 0.2) is 12.4 Å². The molecule has 130 valence electrons. The van der Waals surface area contributed by atoms with Crippen LogP contribution in [0, 0.1) is 10.1 Å². The number of ether oxygens (including phenoxy) is 2. The Hall–Kier alpha value is -3.22. The molecular formula is C18H17NO6. The molecule has 0 spiro atoms. The van der Waals surface area contributed by atoms with E-state index in [2.05, 4.69) is 0 Å². The van der Waals surface area contributed by atoms with Crippen molar-refractivity contribution in [1.29, 1.82) is 0 Å². The SMILES string of the molecule is CCCOc1ccccc1C(=O)OCC(=O)c1ccc([N+](=O)[O-])cc1. The summed E-state index contributed by atoms with van der Waals surface area (Å²) in [6.07, 6.45) is 0.794. The van der Waals surface area contributed by atoms with Crippen molar-refractivity contribution in [3.05, 3.63) is 69.8 Å². The van der Waals surface area contributed by atoms with Crippen molar-refractivity contribution in [3.63, 3.8) is 0 Å². The summed E-state index contributed by atoms with van der Waals surface area (Å²) in [4.78, 5) is 34.3. The lowest BCUT2D eigenvalue weighted by molar-refractivity contribution is -0.384. The van der Waals surface area contributed by atoms with Crippen LogP contribution >= 0.6 is 0 Å². The minimum atomic E-state index is -0.665. The number of esters is 1. The fraction of sp³-hybridized carbons (Fsp3) is 0.222. The summed E-state index contributed by atoms with van der Waals surface area (Å²) in [7, 11) is 0. The van der Waals surface area contributed by atoms with Gasteiger partial charge < -0.3 is 9.47 Å². The summed E-state index contributed by atoms with van der Waals surface area (Å²) in [6, 6.07) is 11.7. The number of hydrogen-bond donors (Lipinski definition) is 0. The summed E-state index contributed by atoms with van der Waals surface area (Å²) >= 11 is 0. The van der Waals surface area contributed by atoms with E-state index in [1.165, 1.54) is 24.3 Å². The average molecular weight is 343 g/mol. The number of benzene rings is 2. The number of non-ortho nitro benzene ring substituents is 1. The number of nitro groups is 1. The molecule has 0 atom stereocenters. The van der Waals surface area contributed by atoms with Gasteiger partial charge in [0, 0.05) is 17.7 Å². The fourth-order valence-electron chi connectivity index (χ4n) is 2.03. The van der Waals surface area contributed by atoms with E-state index in [-0.39, 0.29) is 16.8 Å². The molecule has 0 fully saturated rings. The van der Waals surface area contributed by atoms with E-state index < -0.39 is 23.3 Å². The molecule has 0 saturated carbocycles. The lowest BCUT2D eigenvalue weighted by Gasteiger charge is -2.10. The third-order valence-corrected chi connectivity index (χ3v) is 3.30. The second-order valence-electron chi connectivity index (χ2n) is 5.15. The number of para-hydroxylation sites is 1. The van der Waals surface area contributed by atoms with Crippen LogP contribution in [0.25, 0.3) is 0 Å². The molecule has 0 saturated heterocycles. The van der Waals surface area contributed by atoms with Crippen LogP contribution in [0.5, 0.6) is 5.75 Å². The van der Waals surface area contributed by atoms with Crippen LogP contribution in [0.3, 0.4) is 0 Å². The Balaban J connectivity index is 1.99. The Labute approximate surface area is 144 Å². The molecule has 0 aliphatic rings. The van der Waals surface area contributed by atoms with Gasteiger partial charge in [-0.15, -0.1) is 0 Å². The predicted molar refractivity (Wildman–Crippen MR) is 89.9 cm³/mol. The van der Waals surface area contributed by atoms with E-state index >= 15 is 0 Å². The molecule has 7 heteroatoms. The molecule has 7 nitrogen and oxygen atoms in total. The summed E-state index contributed by atoms with van der Waals surface area (Å²) < 4.78 is 10.5. The molecular weight excluding hydrogens is 326 g/mol. The molecule has 0 amide bonds. The van der Waals surface area contributed by atoms with Crippen LogP contribution in [0.2, 0.25) is 0 Å². The number of carbonyl (C=O) groups is 2. The lowest BCUT2D eigenvalue weighted by Crippen LogP contribution is -2.15. The van der Waals surface area contributed by atoms with Gasteiger partial charge in [0.05, 0.1) is 11.5 Å². The first-order valence-corrected chi connectivity index (χ1v) is 7.69. The van der Waals surface area contributed by atoms with E-state index in [4.69, 9.17) is 9.47 Å². The van der Waals surface area contributed by atoms with Gasteiger partial charge in [-0.25, -0.2) is 4.79 Å². The first-order valence-electron chi connectivity index (χ1n) is 7.69. The Morgan fingerprint density at radius 2 is 1.76 bits per heavy atom. The fourth-order valence-corrected chi connectivity index (χ4v) is 2.03. The van der Waals surface area contributed by atoms with Crippen molar-refractivity contribution in [3.8, 4) is 5.75 Å². The highest BCUT2D eigenvalue weighted by Gasteiger charge is 2.16.